The van der Waals surface area contributed by atoms with Gasteiger partial charge < -0.3 is 25.0 Å². The molecule has 2 amide bonds. The van der Waals surface area contributed by atoms with E-state index in [1.807, 2.05) is 12.1 Å². The number of carbonyl (C=O) groups is 2. The molecule has 7 nitrogen and oxygen atoms in total. The lowest BCUT2D eigenvalue weighted by Crippen LogP contribution is -2.40. The van der Waals surface area contributed by atoms with Crippen LogP contribution in [-0.2, 0) is 9.59 Å². The smallest absolute Gasteiger partial charge is 0.221 e. The quantitative estimate of drug-likeness (QED) is 0.637. The summed E-state index contributed by atoms with van der Waals surface area (Å²) in [6.07, 6.45) is 8.22. The zero-order valence-electron chi connectivity index (χ0n) is 18.6. The molecule has 4 rings (SSSR count). The topological polar surface area (TPSA) is 69.6 Å². The van der Waals surface area contributed by atoms with Crippen molar-refractivity contribution in [3.63, 3.8) is 0 Å². The third-order valence-electron chi connectivity index (χ3n) is 6.96. The third-order valence-corrected chi connectivity index (χ3v) is 6.96. The lowest BCUT2D eigenvalue weighted by atomic mass is 9.96. The van der Waals surface area contributed by atoms with Crippen LogP contribution < -0.4 is 15.5 Å². The summed E-state index contributed by atoms with van der Waals surface area (Å²) >= 11 is 0. The van der Waals surface area contributed by atoms with Gasteiger partial charge in [0.05, 0.1) is 11.2 Å². The molecule has 0 radical (unpaired) electrons. The summed E-state index contributed by atoms with van der Waals surface area (Å²) in [5.74, 6) is 0.782. The molecule has 0 saturated carbocycles. The van der Waals surface area contributed by atoms with Crippen molar-refractivity contribution in [3.8, 4) is 0 Å². The number of piperidine rings is 2. The maximum Gasteiger partial charge on any atom is 0.221 e. The van der Waals surface area contributed by atoms with Gasteiger partial charge in [-0.05, 0) is 62.9 Å². The Labute approximate surface area is 184 Å². The summed E-state index contributed by atoms with van der Waals surface area (Å²) in [5, 5.41) is 7.15. The maximum atomic E-state index is 11.7. The van der Waals surface area contributed by atoms with Gasteiger partial charge in [-0.15, -0.1) is 0 Å². The number of fused-ring (bicyclic) bond motifs is 1. The first kappa shape index (κ1) is 21.8. The van der Waals surface area contributed by atoms with Gasteiger partial charge in [0.25, 0.3) is 0 Å². The monoisotopic (exact) mass is 425 g/mol. The number of likely N-dealkylation sites (tertiary alicyclic amines) is 1. The Morgan fingerprint density at radius 1 is 1.19 bits per heavy atom. The Bertz CT molecular complexity index is 881. The van der Waals surface area contributed by atoms with Crippen molar-refractivity contribution in [1.82, 2.24) is 20.1 Å². The number of benzene rings is 1. The van der Waals surface area contributed by atoms with Crippen molar-refractivity contribution in [3.05, 3.63) is 30.5 Å². The number of hydrogen-bond acceptors (Lipinski definition) is 4. The van der Waals surface area contributed by atoms with Gasteiger partial charge in [-0.2, -0.15) is 0 Å². The highest BCUT2D eigenvalue weighted by Crippen LogP contribution is 2.33. The molecule has 0 unspecified atom stereocenters. The molecule has 2 N–H and O–H groups in total. The largest absolute Gasteiger partial charge is 0.359 e. The lowest BCUT2D eigenvalue weighted by Gasteiger charge is -2.36. The van der Waals surface area contributed by atoms with Crippen molar-refractivity contribution in [1.29, 1.82) is 0 Å². The van der Waals surface area contributed by atoms with Crippen LogP contribution in [0.1, 0.15) is 38.1 Å². The Kier molecular flexibility index (Phi) is 7.25. The van der Waals surface area contributed by atoms with Crippen LogP contribution in [0.4, 0.5) is 5.69 Å². The van der Waals surface area contributed by atoms with E-state index in [0.29, 0.717) is 19.0 Å². The molecule has 1 aromatic heterocycles. The minimum atomic E-state index is -0.0622. The Morgan fingerprint density at radius 3 is 2.68 bits per heavy atom. The average molecular weight is 426 g/mol. The molecule has 168 valence electrons. The highest BCUT2D eigenvalue weighted by Gasteiger charge is 2.24. The summed E-state index contributed by atoms with van der Waals surface area (Å²) in [5.41, 5.74) is 2.04. The SMILES string of the molecule is CNC(=O)CCN(C=O)c1cccc2c1ccn2C1CCN(CC2CCNCC2)CC1. The minimum absolute atomic E-state index is 0.0622. The van der Waals surface area contributed by atoms with Crippen LogP contribution in [0.25, 0.3) is 10.9 Å². The molecular formula is C24H35N5O2. The van der Waals surface area contributed by atoms with Gasteiger partial charge in [-0.1, -0.05) is 6.07 Å². The summed E-state index contributed by atoms with van der Waals surface area (Å²) in [6, 6.07) is 8.72. The van der Waals surface area contributed by atoms with Crippen LogP contribution >= 0.6 is 0 Å². The van der Waals surface area contributed by atoms with Crippen molar-refractivity contribution in [2.75, 3.05) is 51.2 Å². The molecule has 0 bridgehead atoms. The highest BCUT2D eigenvalue weighted by molar-refractivity contribution is 5.97. The number of nitrogens with zero attached hydrogens (tertiary/aromatic N) is 3. The standard InChI is InChI=1S/C24H35N5O2/c1-25-24(31)10-15-28(18-30)22-3-2-4-23-21(22)9-16-29(23)20-7-13-27(14-8-20)17-19-5-11-26-12-6-19/h2-4,9,16,18-20,26H,5-8,10-15,17H2,1H3,(H,25,31). The second-order valence-electron chi connectivity index (χ2n) is 8.88. The Hall–Kier alpha value is -2.38. The van der Waals surface area contributed by atoms with Crippen molar-refractivity contribution in [2.45, 2.75) is 38.1 Å². The zero-order chi connectivity index (χ0) is 21.6. The number of anilines is 1. The van der Waals surface area contributed by atoms with E-state index in [4.69, 9.17) is 0 Å². The van der Waals surface area contributed by atoms with E-state index in [0.717, 1.165) is 49.3 Å². The molecule has 2 saturated heterocycles. The summed E-state index contributed by atoms with van der Waals surface area (Å²) < 4.78 is 2.39. The highest BCUT2D eigenvalue weighted by atomic mass is 16.2. The number of nitrogens with one attached hydrogen (secondary N) is 2. The van der Waals surface area contributed by atoms with E-state index in [1.165, 1.54) is 38.0 Å². The maximum absolute atomic E-state index is 11.7. The van der Waals surface area contributed by atoms with Crippen LogP contribution in [0.2, 0.25) is 0 Å². The molecule has 2 aliphatic rings. The third kappa shape index (κ3) is 5.10. The average Bonchev–Trinajstić information content (AvgIpc) is 3.25. The Morgan fingerprint density at radius 2 is 1.97 bits per heavy atom. The second kappa shape index (κ2) is 10.3. The van der Waals surface area contributed by atoms with E-state index in [2.05, 4.69) is 38.4 Å². The number of amides is 2. The fourth-order valence-electron chi connectivity index (χ4n) is 5.13. The molecule has 2 aromatic rings. The molecule has 2 fully saturated rings. The molecule has 0 atom stereocenters. The number of rotatable bonds is 8. The predicted octanol–water partition coefficient (Wildman–Crippen LogP) is 2.38. The second-order valence-corrected chi connectivity index (χ2v) is 8.88. The van der Waals surface area contributed by atoms with E-state index >= 15 is 0 Å². The van der Waals surface area contributed by atoms with Crippen LogP contribution in [0.5, 0.6) is 0 Å². The first-order valence-corrected chi connectivity index (χ1v) is 11.6. The minimum Gasteiger partial charge on any atom is -0.359 e. The van der Waals surface area contributed by atoms with Gasteiger partial charge in [0.15, 0.2) is 0 Å². The van der Waals surface area contributed by atoms with Crippen LogP contribution in [0.15, 0.2) is 30.5 Å². The molecule has 2 aliphatic heterocycles. The van der Waals surface area contributed by atoms with Crippen molar-refractivity contribution in [2.24, 2.45) is 5.92 Å². The van der Waals surface area contributed by atoms with Crippen molar-refractivity contribution < 1.29 is 9.59 Å². The number of carbonyl (C=O) groups excluding carboxylic acids is 2. The van der Waals surface area contributed by atoms with Gasteiger partial charge in [0.1, 0.15) is 0 Å². The molecule has 31 heavy (non-hydrogen) atoms. The van der Waals surface area contributed by atoms with E-state index in [1.54, 1.807) is 11.9 Å². The number of hydrogen-bond donors (Lipinski definition) is 2. The molecule has 0 spiro atoms. The fraction of sp³-hybridized carbons (Fsp3) is 0.583. The van der Waals surface area contributed by atoms with Crippen LogP contribution in [-0.4, -0.2) is 68.1 Å². The van der Waals surface area contributed by atoms with E-state index < -0.39 is 0 Å². The van der Waals surface area contributed by atoms with Gasteiger partial charge in [0.2, 0.25) is 12.3 Å². The fourth-order valence-corrected chi connectivity index (χ4v) is 5.13. The summed E-state index contributed by atoms with van der Waals surface area (Å²) in [4.78, 5) is 27.7. The molecule has 3 heterocycles. The molecule has 7 heteroatoms. The van der Waals surface area contributed by atoms with Gasteiger partial charge in [-0.3, -0.25) is 9.59 Å². The summed E-state index contributed by atoms with van der Waals surface area (Å²) in [6.45, 7) is 6.26. The molecule has 1 aromatic carbocycles. The van der Waals surface area contributed by atoms with Crippen LogP contribution in [0.3, 0.4) is 0 Å². The van der Waals surface area contributed by atoms with E-state index in [9.17, 15) is 9.59 Å². The van der Waals surface area contributed by atoms with Crippen molar-refractivity contribution >= 4 is 28.9 Å². The van der Waals surface area contributed by atoms with Crippen LogP contribution in [0, 0.1) is 5.92 Å². The first-order valence-electron chi connectivity index (χ1n) is 11.6. The molecular weight excluding hydrogens is 390 g/mol. The molecule has 0 aliphatic carbocycles. The van der Waals surface area contributed by atoms with E-state index in [-0.39, 0.29) is 5.91 Å². The van der Waals surface area contributed by atoms with Gasteiger partial charge in [0, 0.05) is 57.3 Å². The first-order chi connectivity index (χ1) is 15.2. The van der Waals surface area contributed by atoms with Gasteiger partial charge in [-0.25, -0.2) is 0 Å². The Balaban J connectivity index is 1.43. The summed E-state index contributed by atoms with van der Waals surface area (Å²) in [7, 11) is 1.62. The lowest BCUT2D eigenvalue weighted by molar-refractivity contribution is -0.120. The zero-order valence-corrected chi connectivity index (χ0v) is 18.6. The normalized spacial score (nSPS) is 18.9. The predicted molar refractivity (Wildman–Crippen MR) is 124 cm³/mol. The number of aromatic nitrogens is 1. The van der Waals surface area contributed by atoms with Gasteiger partial charge >= 0.3 is 0 Å².